The number of rotatable bonds is 2. The summed E-state index contributed by atoms with van der Waals surface area (Å²) in [5.41, 5.74) is 1.34. The summed E-state index contributed by atoms with van der Waals surface area (Å²) in [6.07, 6.45) is 1.03. The molecule has 0 radical (unpaired) electrons. The average Bonchev–Trinajstić information content (AvgIpc) is 2.15. The van der Waals surface area contributed by atoms with Gasteiger partial charge in [-0.15, -0.1) is 0 Å². The summed E-state index contributed by atoms with van der Waals surface area (Å²) < 4.78 is 11.8. The number of aryl methyl sites for hydroxylation is 1. The van der Waals surface area contributed by atoms with Crippen molar-refractivity contribution in [2.75, 3.05) is 0 Å². The second-order valence-electron chi connectivity index (χ2n) is 4.82. The monoisotopic (exact) mass is 300 g/mol. The first kappa shape index (κ1) is 12.1. The van der Waals surface area contributed by atoms with Gasteiger partial charge in [-0.3, -0.25) is 0 Å². The molecule has 1 rings (SSSR count). The second-order valence-corrected chi connectivity index (χ2v) is 13.8. The Labute approximate surface area is 94.4 Å². The van der Waals surface area contributed by atoms with E-state index in [1.54, 1.807) is 0 Å². The maximum absolute atomic E-state index is 10.4. The van der Waals surface area contributed by atoms with E-state index in [2.05, 4.69) is 45.9 Å². The number of hydrogen-bond acceptors (Lipinski definition) is 1. The van der Waals surface area contributed by atoms with Gasteiger partial charge >= 0.3 is 94.6 Å². The molecule has 78 valence electrons. The summed E-state index contributed by atoms with van der Waals surface area (Å²) in [5.74, 6) is 0. The molecule has 0 heterocycles. The third-order valence-corrected chi connectivity index (χ3v) is 10.5. The van der Waals surface area contributed by atoms with Crippen LogP contribution in [-0.4, -0.2) is 23.6 Å². The van der Waals surface area contributed by atoms with Crippen molar-refractivity contribution in [3.63, 3.8) is 0 Å². The SMILES string of the molecule is CCc1cccc[c]1[SnH]([OH])[C](C)(C)C. The Morgan fingerprint density at radius 1 is 1.21 bits per heavy atom. The minimum atomic E-state index is -2.54. The molecule has 1 unspecified atom stereocenters. The third kappa shape index (κ3) is 2.73. The van der Waals surface area contributed by atoms with Crippen LogP contribution in [0.2, 0.25) is 3.43 Å². The number of hydrogen-bond donors (Lipinski definition) is 1. The average molecular weight is 299 g/mol. The Bertz CT molecular complexity index is 301. The zero-order valence-corrected chi connectivity index (χ0v) is 12.8. The van der Waals surface area contributed by atoms with Crippen molar-refractivity contribution in [1.82, 2.24) is 0 Å². The molecule has 0 amide bonds. The van der Waals surface area contributed by atoms with E-state index in [1.807, 2.05) is 6.07 Å². The molecule has 0 aliphatic carbocycles. The van der Waals surface area contributed by atoms with Gasteiger partial charge in [0.1, 0.15) is 0 Å². The van der Waals surface area contributed by atoms with Gasteiger partial charge in [-0.2, -0.15) is 0 Å². The summed E-state index contributed by atoms with van der Waals surface area (Å²) in [4.78, 5) is 0. The molecule has 1 nitrogen and oxygen atoms in total. The van der Waals surface area contributed by atoms with Gasteiger partial charge in [-0.1, -0.05) is 0 Å². The van der Waals surface area contributed by atoms with Crippen LogP contribution in [0, 0.1) is 0 Å². The fourth-order valence-electron chi connectivity index (χ4n) is 1.59. The van der Waals surface area contributed by atoms with Crippen molar-refractivity contribution in [1.29, 1.82) is 0 Å². The van der Waals surface area contributed by atoms with Crippen molar-refractivity contribution in [3.05, 3.63) is 29.8 Å². The van der Waals surface area contributed by atoms with Crippen LogP contribution in [0.1, 0.15) is 33.3 Å². The maximum atomic E-state index is 10.4. The van der Waals surface area contributed by atoms with Crippen LogP contribution in [0.15, 0.2) is 24.3 Å². The molecule has 0 aliphatic rings. The van der Waals surface area contributed by atoms with Crippen molar-refractivity contribution in [3.8, 4) is 0 Å². The van der Waals surface area contributed by atoms with E-state index < -0.39 is 20.2 Å². The Balaban J connectivity index is 3.06. The predicted octanol–water partition coefficient (Wildman–Crippen LogP) is 1.97. The van der Waals surface area contributed by atoms with Crippen LogP contribution in [-0.2, 0) is 6.42 Å². The Morgan fingerprint density at radius 2 is 1.79 bits per heavy atom. The predicted molar refractivity (Wildman–Crippen MR) is 64.5 cm³/mol. The first-order chi connectivity index (χ1) is 6.46. The van der Waals surface area contributed by atoms with Crippen LogP contribution < -0.4 is 3.58 Å². The molecule has 14 heavy (non-hydrogen) atoms. The molecule has 2 heteroatoms. The molecule has 0 spiro atoms. The van der Waals surface area contributed by atoms with E-state index in [0.717, 1.165) is 6.42 Å². The summed E-state index contributed by atoms with van der Waals surface area (Å²) in [6, 6.07) is 8.36. The molecule has 0 saturated heterocycles. The van der Waals surface area contributed by atoms with E-state index in [9.17, 15) is 3.44 Å². The van der Waals surface area contributed by atoms with Gasteiger partial charge in [0.2, 0.25) is 0 Å². The molecule has 1 atom stereocenters. The first-order valence-corrected chi connectivity index (χ1v) is 9.99. The quantitative estimate of drug-likeness (QED) is 0.828. The van der Waals surface area contributed by atoms with Gasteiger partial charge in [0, 0.05) is 0 Å². The zero-order chi connectivity index (χ0) is 10.8. The van der Waals surface area contributed by atoms with Gasteiger partial charge in [-0.25, -0.2) is 0 Å². The zero-order valence-electron chi connectivity index (χ0n) is 9.54. The molecule has 0 aliphatic heterocycles. The van der Waals surface area contributed by atoms with Crippen LogP contribution in [0.4, 0.5) is 0 Å². The van der Waals surface area contributed by atoms with Crippen molar-refractivity contribution >= 4 is 23.8 Å². The topological polar surface area (TPSA) is 20.2 Å². The molecular formula is C12H20OSn. The second kappa shape index (κ2) is 4.67. The molecule has 0 bridgehead atoms. The Hall–Kier alpha value is -0.0213. The van der Waals surface area contributed by atoms with E-state index in [1.165, 1.54) is 9.14 Å². The standard InChI is InChI=1S/C8H9.C4H9.H2O.Sn.H/c1-2-8-6-4-3-5-7-8;1-4(2)3;;;/h3-6H,2H2,1H3;1-3H3;1H2;;/q;;;+1;/p-1. The number of benzene rings is 1. The molecule has 0 aromatic heterocycles. The van der Waals surface area contributed by atoms with Crippen LogP contribution in [0.25, 0.3) is 0 Å². The molecule has 1 aromatic carbocycles. The van der Waals surface area contributed by atoms with Crippen LogP contribution in [0.5, 0.6) is 0 Å². The van der Waals surface area contributed by atoms with Gasteiger partial charge in [0.05, 0.1) is 0 Å². The van der Waals surface area contributed by atoms with Crippen LogP contribution >= 0.6 is 0 Å². The summed E-state index contributed by atoms with van der Waals surface area (Å²) >= 11 is -2.54. The van der Waals surface area contributed by atoms with Gasteiger partial charge in [0.25, 0.3) is 0 Å². The summed E-state index contributed by atoms with van der Waals surface area (Å²) in [7, 11) is 0. The van der Waals surface area contributed by atoms with Gasteiger partial charge in [0.15, 0.2) is 0 Å². The normalized spacial score (nSPS) is 14.1. The first-order valence-electron chi connectivity index (χ1n) is 5.22. The van der Waals surface area contributed by atoms with E-state index in [4.69, 9.17) is 0 Å². The summed E-state index contributed by atoms with van der Waals surface area (Å²) in [5, 5.41) is 0. The molecule has 1 aromatic rings. The molecular weight excluding hydrogens is 279 g/mol. The van der Waals surface area contributed by atoms with Crippen molar-refractivity contribution in [2.45, 2.75) is 37.5 Å². The molecule has 1 N–H and O–H groups in total. The summed E-state index contributed by atoms with van der Waals surface area (Å²) in [6.45, 7) is 8.61. The fraction of sp³-hybridized carbons (Fsp3) is 0.500. The van der Waals surface area contributed by atoms with Crippen molar-refractivity contribution in [2.24, 2.45) is 0 Å². The Morgan fingerprint density at radius 3 is 2.29 bits per heavy atom. The van der Waals surface area contributed by atoms with E-state index in [0.29, 0.717) is 0 Å². The minimum absolute atomic E-state index is 0.118. The van der Waals surface area contributed by atoms with E-state index in [-0.39, 0.29) is 3.43 Å². The fourth-order valence-corrected chi connectivity index (χ4v) is 6.95. The molecule has 0 fully saturated rings. The Kier molecular flexibility index (Phi) is 4.02. The third-order valence-electron chi connectivity index (χ3n) is 2.55. The van der Waals surface area contributed by atoms with Crippen molar-refractivity contribution < 1.29 is 3.44 Å². The molecule has 0 saturated carbocycles. The van der Waals surface area contributed by atoms with Crippen LogP contribution in [0.3, 0.4) is 0 Å². The van der Waals surface area contributed by atoms with Gasteiger partial charge < -0.3 is 0 Å². The van der Waals surface area contributed by atoms with Gasteiger partial charge in [-0.05, 0) is 0 Å². The van der Waals surface area contributed by atoms with E-state index >= 15 is 0 Å².